The highest BCUT2D eigenvalue weighted by atomic mass is 32.2. The molecule has 1 aromatic carbocycles. The Labute approximate surface area is 205 Å². The Morgan fingerprint density at radius 3 is 2.88 bits per heavy atom. The van der Waals surface area contributed by atoms with Crippen LogP contribution in [0.1, 0.15) is 0 Å². The molecular formula is C24H33N5O2S2. The lowest BCUT2D eigenvalue weighted by Gasteiger charge is -2.33. The number of nitrogens with zero attached hydrogens (tertiary/aromatic N) is 2. The summed E-state index contributed by atoms with van der Waals surface area (Å²) in [6.07, 6.45) is 9.81. The monoisotopic (exact) mass is 487 g/mol. The second kappa shape index (κ2) is 12.0. The number of nitrogens with one attached hydrogen (secondary N) is 3. The minimum atomic E-state index is -0.695. The fourth-order valence-corrected chi connectivity index (χ4v) is 5.76. The van der Waals surface area contributed by atoms with Crippen LogP contribution in [0, 0.1) is 0 Å². The highest BCUT2D eigenvalue weighted by molar-refractivity contribution is 8.02. The van der Waals surface area contributed by atoms with E-state index in [1.807, 2.05) is 43.7 Å². The van der Waals surface area contributed by atoms with Gasteiger partial charge in [-0.25, -0.2) is 5.43 Å². The van der Waals surface area contributed by atoms with Gasteiger partial charge in [0.2, 0.25) is 0 Å². The van der Waals surface area contributed by atoms with Gasteiger partial charge in [0.15, 0.2) is 0 Å². The summed E-state index contributed by atoms with van der Waals surface area (Å²) in [4.78, 5) is 6.88. The van der Waals surface area contributed by atoms with Crippen LogP contribution >= 0.6 is 23.5 Å². The Hall–Kier alpha value is -1.88. The number of aliphatic hydroxyl groups excluding tert-OH is 1. The average Bonchev–Trinajstić information content (AvgIpc) is 2.82. The molecule has 0 bridgehead atoms. The summed E-state index contributed by atoms with van der Waals surface area (Å²) in [7, 11) is 4.06. The van der Waals surface area contributed by atoms with Crippen molar-refractivity contribution < 1.29 is 9.84 Å². The first-order chi connectivity index (χ1) is 16.1. The van der Waals surface area contributed by atoms with Gasteiger partial charge in [-0.1, -0.05) is 18.2 Å². The van der Waals surface area contributed by atoms with E-state index in [0.717, 1.165) is 61.6 Å². The number of fused-ring (bicyclic) bond motifs is 1. The molecule has 7 nitrogen and oxygen atoms in total. The van der Waals surface area contributed by atoms with Crippen LogP contribution in [0.5, 0.6) is 0 Å². The van der Waals surface area contributed by atoms with E-state index in [1.165, 1.54) is 15.4 Å². The van der Waals surface area contributed by atoms with E-state index in [-0.39, 0.29) is 0 Å². The summed E-state index contributed by atoms with van der Waals surface area (Å²) in [5.74, 6) is 1.71. The number of hydrazine groups is 1. The smallest absolute Gasteiger partial charge is 0.146 e. The van der Waals surface area contributed by atoms with Gasteiger partial charge in [0.05, 0.1) is 19.9 Å². The van der Waals surface area contributed by atoms with E-state index in [2.05, 4.69) is 68.5 Å². The van der Waals surface area contributed by atoms with Gasteiger partial charge in [0.25, 0.3) is 0 Å². The van der Waals surface area contributed by atoms with E-state index in [9.17, 15) is 5.11 Å². The molecule has 1 fully saturated rings. The van der Waals surface area contributed by atoms with Crippen molar-refractivity contribution in [3.63, 3.8) is 0 Å². The van der Waals surface area contributed by atoms with Crippen LogP contribution in [0.3, 0.4) is 0 Å². The number of ether oxygens (including phenoxy) is 1. The van der Waals surface area contributed by atoms with Crippen molar-refractivity contribution in [2.45, 2.75) is 16.0 Å². The molecule has 1 saturated heterocycles. The van der Waals surface area contributed by atoms with E-state index < -0.39 is 6.23 Å². The molecule has 3 heterocycles. The van der Waals surface area contributed by atoms with Crippen molar-refractivity contribution in [1.82, 2.24) is 20.5 Å². The molecule has 1 atom stereocenters. The van der Waals surface area contributed by atoms with Gasteiger partial charge in [0.1, 0.15) is 6.23 Å². The molecule has 1 aromatic rings. The maximum Gasteiger partial charge on any atom is 0.146 e. The zero-order valence-electron chi connectivity index (χ0n) is 19.2. The average molecular weight is 488 g/mol. The Kier molecular flexibility index (Phi) is 8.82. The van der Waals surface area contributed by atoms with E-state index in [4.69, 9.17) is 4.74 Å². The number of hydrogen-bond donors (Lipinski definition) is 4. The van der Waals surface area contributed by atoms with Crippen molar-refractivity contribution >= 4 is 29.2 Å². The summed E-state index contributed by atoms with van der Waals surface area (Å²) < 4.78 is 5.49. The molecule has 3 aliphatic rings. The van der Waals surface area contributed by atoms with Crippen LogP contribution in [0.15, 0.2) is 75.3 Å². The van der Waals surface area contributed by atoms with Crippen molar-refractivity contribution in [3.05, 3.63) is 65.5 Å². The molecule has 1 unspecified atom stereocenters. The highest BCUT2D eigenvalue weighted by Gasteiger charge is 2.20. The molecular weight excluding hydrogens is 454 g/mol. The quantitative estimate of drug-likeness (QED) is 0.358. The molecule has 0 aromatic heterocycles. The zero-order chi connectivity index (χ0) is 23.0. The molecule has 3 aliphatic heterocycles. The molecule has 0 spiro atoms. The third-order valence-electron chi connectivity index (χ3n) is 5.37. The lowest BCUT2D eigenvalue weighted by atomic mass is 10.1. The maximum absolute atomic E-state index is 10.5. The summed E-state index contributed by atoms with van der Waals surface area (Å²) in [5, 5.41) is 13.7. The van der Waals surface area contributed by atoms with Crippen molar-refractivity contribution in [3.8, 4) is 0 Å². The minimum absolute atomic E-state index is 0.695. The number of dihydropyridines is 1. The second-order valence-corrected chi connectivity index (χ2v) is 10.3. The Morgan fingerprint density at radius 1 is 1.21 bits per heavy atom. The van der Waals surface area contributed by atoms with Crippen molar-refractivity contribution in [2.75, 3.05) is 64.0 Å². The number of rotatable bonds is 6. The minimum Gasteiger partial charge on any atom is -0.378 e. The largest absolute Gasteiger partial charge is 0.378 e. The third-order valence-corrected chi connectivity index (χ3v) is 7.63. The fourth-order valence-electron chi connectivity index (χ4n) is 3.67. The molecule has 4 N–H and O–H groups in total. The van der Waals surface area contributed by atoms with E-state index in [1.54, 1.807) is 0 Å². The normalized spacial score (nSPS) is 24.1. The summed E-state index contributed by atoms with van der Waals surface area (Å²) >= 11 is 3.67. The molecule has 33 heavy (non-hydrogen) atoms. The highest BCUT2D eigenvalue weighted by Crippen LogP contribution is 2.36. The molecule has 0 amide bonds. The molecule has 4 rings (SSSR count). The fraction of sp³-hybridized carbons (Fsp3) is 0.417. The van der Waals surface area contributed by atoms with Gasteiger partial charge in [-0.05, 0) is 50.0 Å². The lowest BCUT2D eigenvalue weighted by Crippen LogP contribution is -2.39. The SMILES string of the molecule is CN(C)CNNc1ccc2c(c1)SC/C=C\C=C(\C1=CC(N3CCOCC3)=CC(O)N1)CS2. The van der Waals surface area contributed by atoms with Crippen LogP contribution in [0.4, 0.5) is 5.69 Å². The van der Waals surface area contributed by atoms with Gasteiger partial charge in [-0.3, -0.25) is 4.90 Å². The van der Waals surface area contributed by atoms with Crippen LogP contribution in [-0.4, -0.2) is 79.7 Å². The number of morpholine rings is 1. The Morgan fingerprint density at radius 2 is 2.06 bits per heavy atom. The zero-order valence-corrected chi connectivity index (χ0v) is 20.8. The lowest BCUT2D eigenvalue weighted by molar-refractivity contribution is 0.0538. The van der Waals surface area contributed by atoms with Crippen LogP contribution < -0.4 is 16.2 Å². The predicted octanol–water partition coefficient (Wildman–Crippen LogP) is 2.82. The number of anilines is 1. The van der Waals surface area contributed by atoms with Gasteiger partial charge in [-0.15, -0.1) is 23.5 Å². The third kappa shape index (κ3) is 7.05. The summed E-state index contributed by atoms with van der Waals surface area (Å²) in [6.45, 7) is 3.90. The molecule has 0 saturated carbocycles. The van der Waals surface area contributed by atoms with E-state index >= 15 is 0 Å². The summed E-state index contributed by atoms with van der Waals surface area (Å²) in [5.41, 5.74) is 10.8. The number of aliphatic hydroxyl groups is 1. The first kappa shape index (κ1) is 24.3. The standard InChI is InChI=1S/C24H33N5O2S2/c1-28(2)17-25-27-19-6-7-22-23(13-19)32-12-4-3-5-18(16-33-22)21-14-20(15-24(30)26-21)29-8-10-31-11-9-29/h3-7,13-15,24-27,30H,8-12,16-17H2,1-2H3/b4-3-,18-5+. The first-order valence-electron chi connectivity index (χ1n) is 11.2. The summed E-state index contributed by atoms with van der Waals surface area (Å²) in [6, 6.07) is 6.50. The van der Waals surface area contributed by atoms with Crippen molar-refractivity contribution in [2.24, 2.45) is 0 Å². The number of benzene rings is 1. The van der Waals surface area contributed by atoms with Crippen LogP contribution in [-0.2, 0) is 4.74 Å². The van der Waals surface area contributed by atoms with Gasteiger partial charge in [0, 0.05) is 51.5 Å². The van der Waals surface area contributed by atoms with Crippen LogP contribution in [0.25, 0.3) is 0 Å². The van der Waals surface area contributed by atoms with Gasteiger partial charge >= 0.3 is 0 Å². The number of allylic oxidation sites excluding steroid dienone is 4. The second-order valence-electron chi connectivity index (χ2n) is 8.26. The maximum atomic E-state index is 10.5. The molecule has 0 radical (unpaired) electrons. The molecule has 9 heteroatoms. The van der Waals surface area contributed by atoms with Gasteiger partial charge in [-0.2, -0.15) is 0 Å². The van der Waals surface area contributed by atoms with Crippen molar-refractivity contribution in [1.29, 1.82) is 0 Å². The molecule has 0 aliphatic carbocycles. The Bertz CT molecular complexity index is 939. The van der Waals surface area contributed by atoms with Gasteiger partial charge < -0.3 is 25.5 Å². The number of hydrogen-bond acceptors (Lipinski definition) is 9. The van der Waals surface area contributed by atoms with Crippen LogP contribution in [0.2, 0.25) is 0 Å². The first-order valence-corrected chi connectivity index (χ1v) is 13.2. The Balaban J connectivity index is 1.49. The molecule has 178 valence electrons. The number of thioether (sulfide) groups is 2. The predicted molar refractivity (Wildman–Crippen MR) is 138 cm³/mol. The van der Waals surface area contributed by atoms with E-state index in [0.29, 0.717) is 0 Å². The topological polar surface area (TPSA) is 72.0 Å².